The normalized spacial score (nSPS) is 14.1. The smallest absolute Gasteiger partial charge is 0.160 e. The number of thiazole rings is 1. The Kier molecular flexibility index (Phi) is 7.49. The van der Waals surface area contributed by atoms with Crippen molar-refractivity contribution < 1.29 is 0 Å². The van der Waals surface area contributed by atoms with Crippen molar-refractivity contribution in [1.82, 2.24) is 15.0 Å². The van der Waals surface area contributed by atoms with Gasteiger partial charge in [0.05, 0.1) is 21.6 Å². The van der Waals surface area contributed by atoms with Crippen molar-refractivity contribution >= 4 is 32.3 Å². The number of aromatic nitrogens is 3. The van der Waals surface area contributed by atoms with Crippen LogP contribution in [0.25, 0.3) is 76.6 Å². The molecule has 49 heavy (non-hydrogen) atoms. The van der Waals surface area contributed by atoms with Crippen molar-refractivity contribution in [2.45, 2.75) is 12.3 Å². The molecule has 0 saturated heterocycles. The Morgan fingerprint density at radius 3 is 1.94 bits per heavy atom. The van der Waals surface area contributed by atoms with Crippen LogP contribution in [0.15, 0.2) is 170 Å². The summed E-state index contributed by atoms with van der Waals surface area (Å²) in [7, 11) is 0. The number of benzene rings is 6. The lowest BCUT2D eigenvalue weighted by Crippen LogP contribution is -1.98. The van der Waals surface area contributed by atoms with E-state index in [9.17, 15) is 0 Å². The molecule has 2 aromatic heterocycles. The van der Waals surface area contributed by atoms with Crippen molar-refractivity contribution in [2.75, 3.05) is 0 Å². The maximum absolute atomic E-state index is 5.14. The molecule has 4 heteroatoms. The number of hydrogen-bond donors (Lipinski definition) is 0. The topological polar surface area (TPSA) is 38.7 Å². The van der Waals surface area contributed by atoms with E-state index in [4.69, 9.17) is 15.0 Å². The van der Waals surface area contributed by atoms with Gasteiger partial charge in [-0.2, -0.15) is 0 Å². The van der Waals surface area contributed by atoms with Gasteiger partial charge in [0, 0.05) is 28.2 Å². The Balaban J connectivity index is 1.10. The lowest BCUT2D eigenvalue weighted by molar-refractivity contribution is 0.854. The van der Waals surface area contributed by atoms with Crippen molar-refractivity contribution in [3.05, 3.63) is 175 Å². The first-order valence-corrected chi connectivity index (χ1v) is 17.4. The average Bonchev–Trinajstić information content (AvgIpc) is 3.63. The molecule has 0 aliphatic heterocycles. The van der Waals surface area contributed by atoms with Crippen LogP contribution in [0.3, 0.4) is 0 Å². The zero-order valence-corrected chi connectivity index (χ0v) is 27.5. The van der Waals surface area contributed by atoms with E-state index in [0.717, 1.165) is 50.6 Å². The number of nitrogens with zero attached hydrogens (tertiary/aromatic N) is 3. The van der Waals surface area contributed by atoms with Gasteiger partial charge < -0.3 is 0 Å². The van der Waals surface area contributed by atoms with Gasteiger partial charge in [0.15, 0.2) is 5.82 Å². The number of fused-ring (bicyclic) bond motifs is 2. The van der Waals surface area contributed by atoms with E-state index in [1.54, 1.807) is 11.3 Å². The van der Waals surface area contributed by atoms with Crippen LogP contribution in [-0.2, 0) is 0 Å². The maximum atomic E-state index is 5.14. The number of rotatable bonds is 6. The molecule has 1 atom stereocenters. The molecule has 0 fully saturated rings. The molecule has 1 unspecified atom stereocenters. The second-order valence-corrected chi connectivity index (χ2v) is 13.4. The monoisotopic (exact) mass is 645 g/mol. The van der Waals surface area contributed by atoms with Crippen molar-refractivity contribution in [2.24, 2.45) is 0 Å². The lowest BCUT2D eigenvalue weighted by atomic mass is 9.91. The van der Waals surface area contributed by atoms with Gasteiger partial charge in [0.2, 0.25) is 0 Å². The third-order valence-corrected chi connectivity index (χ3v) is 10.4. The van der Waals surface area contributed by atoms with Crippen LogP contribution in [0.1, 0.15) is 17.9 Å². The van der Waals surface area contributed by atoms with Gasteiger partial charge in [-0.05, 0) is 52.1 Å². The van der Waals surface area contributed by atoms with Gasteiger partial charge in [-0.3, -0.25) is 0 Å². The van der Waals surface area contributed by atoms with Gasteiger partial charge in [0.1, 0.15) is 5.01 Å². The summed E-state index contributed by atoms with van der Waals surface area (Å²) in [5.74, 6) is 1.11. The van der Waals surface area contributed by atoms with Crippen LogP contribution in [0.2, 0.25) is 0 Å². The summed E-state index contributed by atoms with van der Waals surface area (Å²) in [6.45, 7) is 0. The molecule has 0 spiro atoms. The van der Waals surface area contributed by atoms with Crippen molar-refractivity contribution in [1.29, 1.82) is 0 Å². The van der Waals surface area contributed by atoms with E-state index < -0.39 is 0 Å². The predicted octanol–water partition coefficient (Wildman–Crippen LogP) is 12.2. The number of para-hydroxylation sites is 1. The summed E-state index contributed by atoms with van der Waals surface area (Å²) < 4.78 is 1.19. The Morgan fingerprint density at radius 1 is 0.531 bits per heavy atom. The van der Waals surface area contributed by atoms with Crippen LogP contribution >= 0.6 is 11.3 Å². The molecule has 232 valence electrons. The van der Waals surface area contributed by atoms with Crippen LogP contribution < -0.4 is 0 Å². The van der Waals surface area contributed by atoms with Gasteiger partial charge in [-0.1, -0.05) is 152 Å². The third kappa shape index (κ3) is 5.77. The second kappa shape index (κ2) is 12.6. The molecule has 1 aliphatic carbocycles. The summed E-state index contributed by atoms with van der Waals surface area (Å²) in [5, 5.41) is 3.50. The molecule has 0 bridgehead atoms. The van der Waals surface area contributed by atoms with Crippen LogP contribution in [0, 0.1) is 0 Å². The molecule has 2 heterocycles. The Morgan fingerprint density at radius 2 is 1.18 bits per heavy atom. The average molecular weight is 646 g/mol. The molecular weight excluding hydrogens is 615 g/mol. The van der Waals surface area contributed by atoms with Gasteiger partial charge in [0.25, 0.3) is 0 Å². The summed E-state index contributed by atoms with van der Waals surface area (Å²) in [5.41, 5.74) is 10.7. The van der Waals surface area contributed by atoms with Crippen molar-refractivity contribution in [3.8, 4) is 55.6 Å². The number of allylic oxidation sites excluding steroid dienone is 4. The lowest BCUT2D eigenvalue weighted by Gasteiger charge is -2.14. The highest BCUT2D eigenvalue weighted by atomic mass is 32.1. The molecule has 8 aromatic rings. The molecular formula is C45H31N3S. The van der Waals surface area contributed by atoms with E-state index >= 15 is 0 Å². The maximum Gasteiger partial charge on any atom is 0.160 e. The minimum Gasteiger partial charge on any atom is -0.236 e. The summed E-state index contributed by atoms with van der Waals surface area (Å²) in [6.07, 6.45) is 9.79. The molecule has 6 aromatic carbocycles. The van der Waals surface area contributed by atoms with E-state index in [1.165, 1.54) is 32.2 Å². The highest BCUT2D eigenvalue weighted by molar-refractivity contribution is 7.21. The fourth-order valence-corrected chi connectivity index (χ4v) is 7.63. The first-order valence-electron chi connectivity index (χ1n) is 16.6. The molecule has 1 aliphatic rings. The van der Waals surface area contributed by atoms with Crippen LogP contribution in [0.5, 0.6) is 0 Å². The van der Waals surface area contributed by atoms with Crippen LogP contribution in [0.4, 0.5) is 0 Å². The molecule has 9 rings (SSSR count). The summed E-state index contributed by atoms with van der Waals surface area (Å²) >= 11 is 1.72. The molecule has 0 radical (unpaired) electrons. The second-order valence-electron chi connectivity index (χ2n) is 12.4. The number of hydrogen-bond acceptors (Lipinski definition) is 4. The summed E-state index contributed by atoms with van der Waals surface area (Å²) in [4.78, 5) is 15.1. The van der Waals surface area contributed by atoms with Gasteiger partial charge in [-0.25, -0.2) is 15.0 Å². The molecule has 0 saturated carbocycles. The van der Waals surface area contributed by atoms with E-state index in [1.807, 2.05) is 6.07 Å². The Labute approximate surface area is 289 Å². The highest BCUT2D eigenvalue weighted by Crippen LogP contribution is 2.35. The largest absolute Gasteiger partial charge is 0.236 e. The Hall–Kier alpha value is -5.97. The zero-order valence-electron chi connectivity index (χ0n) is 26.7. The fraction of sp³-hybridized carbons (Fsp3) is 0.0444. The molecule has 0 amide bonds. The van der Waals surface area contributed by atoms with Crippen LogP contribution in [-0.4, -0.2) is 15.0 Å². The van der Waals surface area contributed by atoms with Gasteiger partial charge >= 0.3 is 0 Å². The van der Waals surface area contributed by atoms with Crippen molar-refractivity contribution in [3.63, 3.8) is 0 Å². The quantitative estimate of drug-likeness (QED) is 0.181. The van der Waals surface area contributed by atoms with E-state index in [0.29, 0.717) is 11.7 Å². The van der Waals surface area contributed by atoms with Gasteiger partial charge in [-0.15, -0.1) is 11.3 Å². The van der Waals surface area contributed by atoms with E-state index in [2.05, 4.69) is 164 Å². The first-order chi connectivity index (χ1) is 24.2. The predicted molar refractivity (Wildman–Crippen MR) is 206 cm³/mol. The first kappa shape index (κ1) is 29.2. The summed E-state index contributed by atoms with van der Waals surface area (Å²) in [6, 6.07) is 51.5. The van der Waals surface area contributed by atoms with E-state index in [-0.39, 0.29) is 0 Å². The minimum absolute atomic E-state index is 0.407. The molecule has 3 nitrogen and oxygen atoms in total. The third-order valence-electron chi connectivity index (χ3n) is 9.31. The minimum atomic E-state index is 0.407. The fourth-order valence-electron chi connectivity index (χ4n) is 6.66. The molecule has 0 N–H and O–H groups in total. The Bertz CT molecular complexity index is 2470. The zero-order chi connectivity index (χ0) is 32.6. The standard InChI is InChI=1S/C45H31N3S/c1-2-9-30(10-3-1)31-17-21-34(22-18-31)41-29-42(35-23-27-37(28-24-35)45-48-40-15-6-7-16-43(40)49-45)47-44(46-41)36-25-19-33(20-26-36)39-14-8-12-32-11-4-5-13-38(32)39/h1-9,11-30H,10H2. The highest BCUT2D eigenvalue weighted by Gasteiger charge is 2.14. The SMILES string of the molecule is C1=CCC(c2ccc(-c3cc(-c4ccc(-c5nc6ccccc6s5)cc4)nc(-c4ccc(-c5cccc6ccccc56)cc4)n3)cc2)C=C1.